The highest BCUT2D eigenvalue weighted by Crippen LogP contribution is 2.40. The number of nitrogens with two attached hydrogens (primary N) is 1. The highest BCUT2D eigenvalue weighted by atomic mass is 35.5. The molecule has 2 amide bonds. The van der Waals surface area contributed by atoms with E-state index in [2.05, 4.69) is 20.9 Å². The van der Waals surface area contributed by atoms with Crippen molar-refractivity contribution in [2.45, 2.75) is 13.2 Å². The zero-order chi connectivity index (χ0) is 25.8. The monoisotopic (exact) mass is 503 g/mol. The highest BCUT2D eigenvalue weighted by molar-refractivity contribution is 6.33. The van der Waals surface area contributed by atoms with Gasteiger partial charge in [-0.15, -0.1) is 10.2 Å². The van der Waals surface area contributed by atoms with Crippen LogP contribution in [0.1, 0.15) is 27.6 Å². The number of azo groups is 1. The van der Waals surface area contributed by atoms with Crippen LogP contribution in [0.3, 0.4) is 0 Å². The smallest absolute Gasteiger partial charge is 0.259 e. The van der Waals surface area contributed by atoms with Gasteiger partial charge in [0.15, 0.2) is 5.75 Å². The van der Waals surface area contributed by atoms with E-state index in [1.165, 1.54) is 18.2 Å². The number of nitrogens with zero attached hydrogens (tertiary/aromatic N) is 2. The van der Waals surface area contributed by atoms with Crippen LogP contribution in [0.4, 0.5) is 22.7 Å². The average Bonchev–Trinajstić information content (AvgIpc) is 2.83. The summed E-state index contributed by atoms with van der Waals surface area (Å²) in [6.45, 7) is 1.58. The first-order chi connectivity index (χ1) is 17.2. The van der Waals surface area contributed by atoms with Crippen molar-refractivity contribution in [3.05, 3.63) is 88.9 Å². The van der Waals surface area contributed by atoms with E-state index in [0.29, 0.717) is 22.1 Å². The number of aromatic hydroxyl groups is 1. The summed E-state index contributed by atoms with van der Waals surface area (Å²) in [5, 5.41) is 35.9. The van der Waals surface area contributed by atoms with Crippen molar-refractivity contribution in [2.75, 3.05) is 10.6 Å². The third-order valence-corrected chi connectivity index (χ3v) is 5.54. The van der Waals surface area contributed by atoms with Crippen LogP contribution in [0.2, 0.25) is 5.02 Å². The van der Waals surface area contributed by atoms with Crippen molar-refractivity contribution in [1.29, 1.82) is 0 Å². The third-order valence-electron chi connectivity index (χ3n) is 5.22. The average molecular weight is 504 g/mol. The first-order valence-electron chi connectivity index (χ1n) is 10.8. The van der Waals surface area contributed by atoms with Gasteiger partial charge in [0.05, 0.1) is 10.6 Å². The number of carbonyl (C=O) groups excluding carboxylic acids is 2. The molecule has 4 aromatic rings. The molecule has 4 rings (SSSR count). The molecule has 0 saturated carbocycles. The minimum Gasteiger partial charge on any atom is -0.505 e. The number of hydrogen-bond donors (Lipinski definition) is 5. The standard InChI is InChI=1S/C26H22ClN5O4/c1-14(33)29-17-6-4-7-18(13-17)30-26(36)20-11-15-5-2-3-8-19(15)23(24(20)34)32-31-22-12-16(25(28)35)9-10-21(22)27/h2-14,29,33-34H,1H3,(H2,28,35)(H,30,36). The summed E-state index contributed by atoms with van der Waals surface area (Å²) in [7, 11) is 0. The van der Waals surface area contributed by atoms with Crippen LogP contribution < -0.4 is 16.4 Å². The molecular formula is C26H22ClN5O4. The van der Waals surface area contributed by atoms with Crippen LogP contribution in [0.15, 0.2) is 83.0 Å². The zero-order valence-corrected chi connectivity index (χ0v) is 19.8. The Balaban J connectivity index is 1.73. The second-order valence-corrected chi connectivity index (χ2v) is 8.34. The maximum Gasteiger partial charge on any atom is 0.259 e. The Kier molecular flexibility index (Phi) is 7.14. The zero-order valence-electron chi connectivity index (χ0n) is 19.1. The number of amides is 2. The first kappa shape index (κ1) is 24.6. The fraction of sp³-hybridized carbons (Fsp3) is 0.0769. The lowest BCUT2D eigenvalue weighted by Crippen LogP contribution is -2.15. The second-order valence-electron chi connectivity index (χ2n) is 7.93. The number of anilines is 2. The van der Waals surface area contributed by atoms with E-state index < -0.39 is 18.0 Å². The maximum absolute atomic E-state index is 13.1. The van der Waals surface area contributed by atoms with Gasteiger partial charge in [0.1, 0.15) is 17.6 Å². The molecule has 182 valence electrons. The minimum absolute atomic E-state index is 0.0199. The van der Waals surface area contributed by atoms with Crippen LogP contribution in [-0.2, 0) is 0 Å². The number of phenols is 1. The van der Waals surface area contributed by atoms with Crippen molar-refractivity contribution >= 4 is 56.9 Å². The number of hydrogen-bond acceptors (Lipinski definition) is 7. The fourth-order valence-electron chi connectivity index (χ4n) is 3.56. The summed E-state index contributed by atoms with van der Waals surface area (Å²) in [4.78, 5) is 24.6. The van der Waals surface area contributed by atoms with Gasteiger partial charge in [-0.05, 0) is 54.8 Å². The van der Waals surface area contributed by atoms with Crippen LogP contribution in [0, 0.1) is 0 Å². The Morgan fingerprint density at radius 3 is 2.47 bits per heavy atom. The van der Waals surface area contributed by atoms with Gasteiger partial charge in [0.25, 0.3) is 5.91 Å². The molecule has 0 heterocycles. The molecule has 1 atom stereocenters. The van der Waals surface area contributed by atoms with Crippen LogP contribution in [0.5, 0.6) is 5.75 Å². The highest BCUT2D eigenvalue weighted by Gasteiger charge is 2.19. The van der Waals surface area contributed by atoms with E-state index >= 15 is 0 Å². The minimum atomic E-state index is -0.773. The van der Waals surface area contributed by atoms with Crippen molar-refractivity contribution in [3.8, 4) is 5.75 Å². The number of rotatable bonds is 7. The topological polar surface area (TPSA) is 149 Å². The van der Waals surface area contributed by atoms with Gasteiger partial charge in [0, 0.05) is 22.3 Å². The van der Waals surface area contributed by atoms with E-state index in [4.69, 9.17) is 17.3 Å². The van der Waals surface area contributed by atoms with Crippen molar-refractivity contribution in [2.24, 2.45) is 16.0 Å². The summed E-state index contributed by atoms with van der Waals surface area (Å²) >= 11 is 6.19. The molecule has 36 heavy (non-hydrogen) atoms. The van der Waals surface area contributed by atoms with Gasteiger partial charge in [-0.25, -0.2) is 0 Å². The summed E-state index contributed by atoms with van der Waals surface area (Å²) in [5.41, 5.74) is 6.80. The number of fused-ring (bicyclic) bond motifs is 1. The molecule has 6 N–H and O–H groups in total. The van der Waals surface area contributed by atoms with E-state index in [0.717, 1.165) is 0 Å². The van der Waals surface area contributed by atoms with Crippen LogP contribution in [0.25, 0.3) is 10.8 Å². The summed E-state index contributed by atoms with van der Waals surface area (Å²) in [6, 6.07) is 19.7. The number of benzene rings is 4. The number of halogens is 1. The second kappa shape index (κ2) is 10.4. The predicted octanol–water partition coefficient (Wildman–Crippen LogP) is 5.72. The molecule has 0 aliphatic carbocycles. The van der Waals surface area contributed by atoms with Crippen molar-refractivity contribution < 1.29 is 19.8 Å². The Bertz CT molecular complexity index is 1500. The number of aliphatic hydroxyl groups excluding tert-OH is 1. The van der Waals surface area contributed by atoms with Gasteiger partial charge in [-0.1, -0.05) is 41.9 Å². The number of primary amides is 1. The summed E-state index contributed by atoms with van der Waals surface area (Å²) < 4.78 is 0. The molecule has 9 nitrogen and oxygen atoms in total. The van der Waals surface area contributed by atoms with Crippen LogP contribution in [-0.4, -0.2) is 28.3 Å². The molecule has 4 aromatic carbocycles. The van der Waals surface area contributed by atoms with Gasteiger partial charge >= 0.3 is 0 Å². The lowest BCUT2D eigenvalue weighted by molar-refractivity contribution is 0.0997. The maximum atomic E-state index is 13.1. The van der Waals surface area contributed by atoms with Gasteiger partial charge in [0.2, 0.25) is 5.91 Å². The molecule has 1 unspecified atom stereocenters. The number of nitrogens with one attached hydrogen (secondary N) is 2. The number of carbonyl (C=O) groups is 2. The Morgan fingerprint density at radius 1 is 0.972 bits per heavy atom. The quantitative estimate of drug-likeness (QED) is 0.161. The van der Waals surface area contributed by atoms with E-state index in [1.807, 2.05) is 0 Å². The molecular weight excluding hydrogens is 482 g/mol. The van der Waals surface area contributed by atoms with E-state index in [1.54, 1.807) is 61.5 Å². The third kappa shape index (κ3) is 5.43. The largest absolute Gasteiger partial charge is 0.505 e. The molecule has 0 aliphatic rings. The molecule has 0 saturated heterocycles. The molecule has 0 radical (unpaired) electrons. The Hall–Kier alpha value is -4.47. The molecule has 0 bridgehead atoms. The lowest BCUT2D eigenvalue weighted by atomic mass is 10.0. The predicted molar refractivity (Wildman–Crippen MR) is 139 cm³/mol. The van der Waals surface area contributed by atoms with Gasteiger partial charge in [-0.2, -0.15) is 0 Å². The normalized spacial score (nSPS) is 12.0. The fourth-order valence-corrected chi connectivity index (χ4v) is 3.72. The summed E-state index contributed by atoms with van der Waals surface area (Å²) in [5.74, 6) is -1.60. The number of phenolic OH excluding ortho intramolecular Hbond substituents is 1. The van der Waals surface area contributed by atoms with E-state index in [9.17, 15) is 19.8 Å². The molecule has 0 aromatic heterocycles. The van der Waals surface area contributed by atoms with Gasteiger partial charge in [-0.3, -0.25) is 9.59 Å². The Morgan fingerprint density at radius 2 is 1.72 bits per heavy atom. The van der Waals surface area contributed by atoms with Gasteiger partial charge < -0.3 is 26.6 Å². The summed E-state index contributed by atoms with van der Waals surface area (Å²) in [6.07, 6.45) is -0.773. The lowest BCUT2D eigenvalue weighted by Gasteiger charge is -2.13. The van der Waals surface area contributed by atoms with Crippen molar-refractivity contribution in [3.63, 3.8) is 0 Å². The molecule has 10 heteroatoms. The van der Waals surface area contributed by atoms with E-state index in [-0.39, 0.29) is 33.3 Å². The molecule has 0 fully saturated rings. The van der Waals surface area contributed by atoms with Crippen molar-refractivity contribution in [1.82, 2.24) is 0 Å². The molecule has 0 spiro atoms. The number of aliphatic hydroxyl groups is 1. The first-order valence-corrected chi connectivity index (χ1v) is 11.2. The molecule has 0 aliphatic heterocycles. The Labute approximate surface area is 211 Å². The van der Waals surface area contributed by atoms with Crippen LogP contribution >= 0.6 is 11.6 Å². The SMILES string of the molecule is CC(O)Nc1cccc(NC(=O)c2cc3ccccc3c(N=Nc3cc(C(N)=O)ccc3Cl)c2O)c1.